The van der Waals surface area contributed by atoms with Crippen molar-refractivity contribution >= 4 is 21.4 Å². The number of benzene rings is 1. The van der Waals surface area contributed by atoms with Crippen LogP contribution in [0.5, 0.6) is 0 Å². The van der Waals surface area contributed by atoms with Gasteiger partial charge in [0, 0.05) is 14.1 Å². The van der Waals surface area contributed by atoms with Crippen LogP contribution in [0.1, 0.15) is 0 Å². The first-order valence-corrected chi connectivity index (χ1v) is 7.15. The number of nitrogens with zero attached hydrogens (tertiary/aromatic N) is 1. The smallest absolute Gasteiger partial charge is 0.324 e. The second-order valence-electron chi connectivity index (χ2n) is 4.42. The molecular formula is C11H15F4N3O2S. The van der Waals surface area contributed by atoms with E-state index in [9.17, 15) is 26.0 Å². The predicted molar refractivity (Wildman–Crippen MR) is 71.2 cm³/mol. The molecule has 0 saturated carbocycles. The van der Waals surface area contributed by atoms with Crippen molar-refractivity contribution in [1.29, 1.82) is 0 Å². The lowest BCUT2D eigenvalue weighted by atomic mass is 10.2. The molecule has 0 spiro atoms. The number of anilines is 2. The van der Waals surface area contributed by atoms with E-state index in [0.29, 0.717) is 0 Å². The van der Waals surface area contributed by atoms with Crippen LogP contribution in [0.3, 0.4) is 0 Å². The molecule has 3 N–H and O–H groups in total. The first-order chi connectivity index (χ1) is 9.50. The van der Waals surface area contributed by atoms with Crippen molar-refractivity contribution in [3.05, 3.63) is 18.2 Å². The van der Waals surface area contributed by atoms with Crippen LogP contribution in [0, 0.1) is 0 Å². The van der Waals surface area contributed by atoms with Gasteiger partial charge in [0.05, 0.1) is 17.9 Å². The van der Waals surface area contributed by atoms with E-state index in [4.69, 9.17) is 5.73 Å². The summed E-state index contributed by atoms with van der Waals surface area (Å²) in [4.78, 5) is -0.294. The second-order valence-corrected chi connectivity index (χ2v) is 6.54. The highest BCUT2D eigenvalue weighted by Gasteiger charge is 2.40. The van der Waals surface area contributed by atoms with Gasteiger partial charge in [0.25, 0.3) is 0 Å². The van der Waals surface area contributed by atoms with Crippen molar-refractivity contribution in [3.8, 4) is 0 Å². The Kier molecular flexibility index (Phi) is 5.05. The van der Waals surface area contributed by atoms with Gasteiger partial charge in [-0.15, -0.1) is 0 Å². The molecule has 0 heterocycles. The van der Waals surface area contributed by atoms with Gasteiger partial charge in [0.1, 0.15) is 4.90 Å². The van der Waals surface area contributed by atoms with E-state index < -0.39 is 28.9 Å². The third-order valence-electron chi connectivity index (χ3n) is 2.66. The molecule has 0 unspecified atom stereocenters. The lowest BCUT2D eigenvalue weighted by Gasteiger charge is -2.19. The fourth-order valence-electron chi connectivity index (χ4n) is 1.41. The van der Waals surface area contributed by atoms with Crippen LogP contribution in [-0.2, 0) is 10.0 Å². The minimum absolute atomic E-state index is 0.154. The lowest BCUT2D eigenvalue weighted by Crippen LogP contribution is -2.35. The number of alkyl halides is 4. The molecule has 0 aliphatic heterocycles. The zero-order chi connectivity index (χ0) is 16.4. The maximum absolute atomic E-state index is 12.8. The summed E-state index contributed by atoms with van der Waals surface area (Å²) in [7, 11) is -1.31. The van der Waals surface area contributed by atoms with E-state index in [0.717, 1.165) is 4.31 Å². The van der Waals surface area contributed by atoms with Crippen LogP contribution >= 0.6 is 0 Å². The topological polar surface area (TPSA) is 75.4 Å². The first kappa shape index (κ1) is 17.5. The summed E-state index contributed by atoms with van der Waals surface area (Å²) in [6.45, 7) is -1.36. The van der Waals surface area contributed by atoms with Crippen LogP contribution in [0.25, 0.3) is 0 Å². The third kappa shape index (κ3) is 3.76. The van der Waals surface area contributed by atoms with Gasteiger partial charge in [-0.05, 0) is 12.1 Å². The molecular weight excluding hydrogens is 314 g/mol. The van der Waals surface area contributed by atoms with E-state index in [1.165, 1.54) is 32.3 Å². The van der Waals surface area contributed by atoms with Crippen molar-refractivity contribution in [2.45, 2.75) is 17.2 Å². The Morgan fingerprint density at radius 3 is 2.38 bits per heavy atom. The molecule has 0 atom stereocenters. The van der Waals surface area contributed by atoms with Crippen molar-refractivity contribution in [2.75, 3.05) is 31.7 Å². The Morgan fingerprint density at radius 2 is 1.90 bits per heavy atom. The molecule has 0 fully saturated rings. The van der Waals surface area contributed by atoms with Crippen LogP contribution in [0.4, 0.5) is 28.9 Å². The fourth-order valence-corrected chi connectivity index (χ4v) is 2.44. The highest BCUT2D eigenvalue weighted by Crippen LogP contribution is 2.30. The first-order valence-electron chi connectivity index (χ1n) is 5.71. The number of nitrogens with one attached hydrogen (secondary N) is 1. The number of nitrogen functional groups attached to an aromatic ring is 1. The van der Waals surface area contributed by atoms with Crippen molar-refractivity contribution in [3.63, 3.8) is 0 Å². The average molecular weight is 329 g/mol. The number of hydrogen-bond acceptors (Lipinski definition) is 4. The number of sulfonamides is 1. The molecule has 0 aliphatic rings. The monoisotopic (exact) mass is 329 g/mol. The molecule has 0 aliphatic carbocycles. The molecule has 1 rings (SSSR count). The fraction of sp³-hybridized carbons (Fsp3) is 0.455. The summed E-state index contributed by atoms with van der Waals surface area (Å²) in [6.07, 6.45) is -3.83. The Balaban J connectivity index is 3.08. The SMILES string of the molecule is CN(C)S(=O)(=O)c1cccc(NCC(F)(F)C(F)F)c1N. The standard InChI is InChI=1S/C11H15F4N3O2S/c1-18(2)21(19,20)8-5-3-4-7(9(8)16)17-6-11(14,15)10(12)13/h3-5,10,17H,6,16H2,1-2H3. The second kappa shape index (κ2) is 6.06. The highest BCUT2D eigenvalue weighted by molar-refractivity contribution is 7.89. The van der Waals surface area contributed by atoms with Crippen LogP contribution in [-0.4, -0.2) is 45.7 Å². The Hall–Kier alpha value is -1.55. The molecule has 1 aromatic rings. The molecule has 0 aromatic heterocycles. The number of halogens is 4. The summed E-state index contributed by atoms with van der Waals surface area (Å²) >= 11 is 0. The summed E-state index contributed by atoms with van der Waals surface area (Å²) < 4.78 is 74.7. The molecule has 0 bridgehead atoms. The molecule has 10 heteroatoms. The van der Waals surface area contributed by atoms with Gasteiger partial charge in [-0.3, -0.25) is 0 Å². The van der Waals surface area contributed by atoms with E-state index in [1.807, 2.05) is 5.32 Å². The maximum Gasteiger partial charge on any atom is 0.324 e. The highest BCUT2D eigenvalue weighted by atomic mass is 32.2. The quantitative estimate of drug-likeness (QED) is 0.617. The van der Waals surface area contributed by atoms with Gasteiger partial charge in [0.2, 0.25) is 10.0 Å². The summed E-state index contributed by atoms with van der Waals surface area (Å²) in [6, 6.07) is 3.70. The number of rotatable bonds is 6. The Morgan fingerprint density at radius 1 is 1.33 bits per heavy atom. The van der Waals surface area contributed by atoms with Crippen molar-refractivity contribution in [2.24, 2.45) is 0 Å². The van der Waals surface area contributed by atoms with Crippen LogP contribution in [0.2, 0.25) is 0 Å². The molecule has 0 amide bonds. The van der Waals surface area contributed by atoms with E-state index >= 15 is 0 Å². The normalized spacial score (nSPS) is 13.0. The lowest BCUT2D eigenvalue weighted by molar-refractivity contribution is -0.117. The Labute approximate surface area is 119 Å². The van der Waals surface area contributed by atoms with Gasteiger partial charge in [-0.25, -0.2) is 21.5 Å². The van der Waals surface area contributed by atoms with Gasteiger partial charge in [-0.1, -0.05) is 6.07 Å². The van der Waals surface area contributed by atoms with Crippen LogP contribution < -0.4 is 11.1 Å². The molecule has 0 saturated heterocycles. The minimum atomic E-state index is -4.25. The molecule has 5 nitrogen and oxygen atoms in total. The van der Waals surface area contributed by atoms with E-state index in [1.54, 1.807) is 0 Å². The zero-order valence-corrected chi connectivity index (χ0v) is 12.1. The third-order valence-corrected chi connectivity index (χ3v) is 4.53. The maximum atomic E-state index is 12.8. The minimum Gasteiger partial charge on any atom is -0.396 e. The van der Waals surface area contributed by atoms with Gasteiger partial charge in [0.15, 0.2) is 0 Å². The Bertz CT molecular complexity index is 605. The van der Waals surface area contributed by atoms with E-state index in [-0.39, 0.29) is 16.3 Å². The zero-order valence-electron chi connectivity index (χ0n) is 11.3. The van der Waals surface area contributed by atoms with Crippen molar-refractivity contribution in [1.82, 2.24) is 4.31 Å². The van der Waals surface area contributed by atoms with E-state index in [2.05, 4.69) is 0 Å². The predicted octanol–water partition coefficient (Wildman–Crippen LogP) is 1.83. The van der Waals surface area contributed by atoms with Crippen molar-refractivity contribution < 1.29 is 26.0 Å². The number of hydrogen-bond donors (Lipinski definition) is 2. The van der Waals surface area contributed by atoms with Crippen LogP contribution in [0.15, 0.2) is 23.1 Å². The number of nitrogens with two attached hydrogens (primary N) is 1. The molecule has 0 radical (unpaired) electrons. The number of para-hydroxylation sites is 1. The summed E-state index contributed by atoms with van der Waals surface area (Å²) in [5.41, 5.74) is 5.15. The molecule has 21 heavy (non-hydrogen) atoms. The average Bonchev–Trinajstić information content (AvgIpc) is 2.36. The van der Waals surface area contributed by atoms with Gasteiger partial charge < -0.3 is 11.1 Å². The summed E-state index contributed by atoms with van der Waals surface area (Å²) in [5.74, 6) is -4.25. The van der Waals surface area contributed by atoms with Gasteiger partial charge >= 0.3 is 12.3 Å². The molecule has 120 valence electrons. The van der Waals surface area contributed by atoms with Gasteiger partial charge in [-0.2, -0.15) is 8.78 Å². The largest absolute Gasteiger partial charge is 0.396 e. The summed E-state index contributed by atoms with van der Waals surface area (Å²) in [5, 5.41) is 2.05. The molecule has 1 aromatic carbocycles.